The van der Waals surface area contributed by atoms with Crippen LogP contribution in [-0.2, 0) is 0 Å². The van der Waals surface area contributed by atoms with E-state index in [0.717, 1.165) is 5.54 Å². The van der Waals surface area contributed by atoms with E-state index < -0.39 is 8.07 Å². The molecule has 0 aromatic rings. The third kappa shape index (κ3) is 3.94. The molecule has 100 valence electrons. The minimum absolute atomic E-state index is 0.656. The van der Waals surface area contributed by atoms with Crippen LogP contribution in [0.25, 0.3) is 0 Å². The van der Waals surface area contributed by atoms with E-state index in [-0.39, 0.29) is 0 Å². The minimum Gasteiger partial charge on any atom is -0.294 e. The van der Waals surface area contributed by atoms with Crippen LogP contribution < -0.4 is 0 Å². The summed E-state index contributed by atoms with van der Waals surface area (Å²) in [5, 5.41) is 0. The smallest absolute Gasteiger partial charge is 0.0613 e. The molecule has 0 heterocycles. The van der Waals surface area contributed by atoms with Crippen molar-refractivity contribution in [2.45, 2.75) is 89.5 Å². The second-order valence-corrected chi connectivity index (χ2v) is 11.6. The van der Waals surface area contributed by atoms with Crippen LogP contribution >= 0.6 is 0 Å². The Kier molecular flexibility index (Phi) is 6.46. The van der Waals surface area contributed by atoms with Gasteiger partial charge in [0.1, 0.15) is 0 Å². The molecule has 1 aliphatic rings. The summed E-state index contributed by atoms with van der Waals surface area (Å²) >= 11 is 0. The molecule has 1 rings (SSSR count). The summed E-state index contributed by atoms with van der Waals surface area (Å²) in [6.45, 7) is 9.60. The van der Waals surface area contributed by atoms with Gasteiger partial charge in [0.25, 0.3) is 0 Å². The number of nitrogens with zero attached hydrogens (tertiary/aromatic N) is 1. The van der Waals surface area contributed by atoms with Crippen molar-refractivity contribution < 1.29 is 0 Å². The largest absolute Gasteiger partial charge is 0.294 e. The van der Waals surface area contributed by atoms with Gasteiger partial charge in [0.15, 0.2) is 0 Å². The van der Waals surface area contributed by atoms with Gasteiger partial charge in [-0.05, 0) is 24.6 Å². The highest BCUT2D eigenvalue weighted by atomic mass is 28.3. The van der Waals surface area contributed by atoms with E-state index in [2.05, 4.69) is 33.9 Å². The molecule has 17 heavy (non-hydrogen) atoms. The van der Waals surface area contributed by atoms with Crippen LogP contribution in [0.3, 0.4) is 0 Å². The molecule has 1 fully saturated rings. The molecule has 0 amide bonds. The predicted octanol–water partition coefficient (Wildman–Crippen LogP) is 5.29. The molecule has 0 aliphatic heterocycles. The van der Waals surface area contributed by atoms with Crippen LogP contribution in [0.2, 0.25) is 23.7 Å². The SMILES string of the molecule is CC[Si](CC)(CC)C(C)C=NC1CCCCC1. The van der Waals surface area contributed by atoms with E-state index in [1.165, 1.54) is 50.2 Å². The van der Waals surface area contributed by atoms with Crippen molar-refractivity contribution in [3.8, 4) is 0 Å². The lowest BCUT2D eigenvalue weighted by atomic mass is 9.96. The van der Waals surface area contributed by atoms with E-state index in [9.17, 15) is 0 Å². The van der Waals surface area contributed by atoms with Gasteiger partial charge in [-0.1, -0.05) is 65.1 Å². The van der Waals surface area contributed by atoms with Crippen LogP contribution in [0.1, 0.15) is 59.8 Å². The molecule has 0 aromatic carbocycles. The molecule has 0 aromatic heterocycles. The maximum atomic E-state index is 4.90. The van der Waals surface area contributed by atoms with Gasteiger partial charge >= 0.3 is 0 Å². The fourth-order valence-electron chi connectivity index (χ4n) is 3.35. The van der Waals surface area contributed by atoms with E-state index in [4.69, 9.17) is 4.99 Å². The second-order valence-electron chi connectivity index (χ2n) is 5.80. The fourth-order valence-corrected chi connectivity index (χ4v) is 7.19. The summed E-state index contributed by atoms with van der Waals surface area (Å²) in [6.07, 6.45) is 9.24. The molecule has 0 N–H and O–H groups in total. The summed E-state index contributed by atoms with van der Waals surface area (Å²) in [4.78, 5) is 4.90. The molecule has 2 heteroatoms. The summed E-state index contributed by atoms with van der Waals surface area (Å²) in [5.41, 5.74) is 0.768. The van der Waals surface area contributed by atoms with Crippen molar-refractivity contribution in [3.05, 3.63) is 0 Å². The molecule has 0 saturated heterocycles. The van der Waals surface area contributed by atoms with Gasteiger partial charge in [0, 0.05) is 6.04 Å². The molecular formula is C15H31NSi. The predicted molar refractivity (Wildman–Crippen MR) is 82.0 cm³/mol. The van der Waals surface area contributed by atoms with Crippen molar-refractivity contribution >= 4 is 14.3 Å². The Morgan fingerprint density at radius 2 is 1.59 bits per heavy atom. The summed E-state index contributed by atoms with van der Waals surface area (Å²) in [6, 6.07) is 4.90. The van der Waals surface area contributed by atoms with Crippen LogP contribution in [0.15, 0.2) is 4.99 Å². The van der Waals surface area contributed by atoms with Gasteiger partial charge in [-0.25, -0.2) is 0 Å². The first kappa shape index (κ1) is 14.9. The summed E-state index contributed by atoms with van der Waals surface area (Å²) in [7, 11) is -1.05. The lowest BCUT2D eigenvalue weighted by Crippen LogP contribution is -2.37. The monoisotopic (exact) mass is 253 g/mol. The number of hydrogen-bond donors (Lipinski definition) is 0. The Morgan fingerprint density at radius 1 is 1.06 bits per heavy atom. The molecule has 1 nitrogen and oxygen atoms in total. The third-order valence-corrected chi connectivity index (χ3v) is 11.5. The van der Waals surface area contributed by atoms with E-state index >= 15 is 0 Å². The lowest BCUT2D eigenvalue weighted by molar-refractivity contribution is 0.444. The van der Waals surface area contributed by atoms with Gasteiger partial charge < -0.3 is 0 Å². The normalized spacial score (nSPS) is 20.9. The van der Waals surface area contributed by atoms with Crippen molar-refractivity contribution in [1.82, 2.24) is 0 Å². The van der Waals surface area contributed by atoms with Crippen LogP contribution in [0, 0.1) is 0 Å². The van der Waals surface area contributed by atoms with Gasteiger partial charge in [0.05, 0.1) is 8.07 Å². The van der Waals surface area contributed by atoms with Crippen molar-refractivity contribution in [2.24, 2.45) is 4.99 Å². The molecule has 1 aliphatic carbocycles. The maximum Gasteiger partial charge on any atom is 0.0613 e. The molecule has 0 spiro atoms. The van der Waals surface area contributed by atoms with E-state index in [1.54, 1.807) is 0 Å². The first-order valence-corrected chi connectivity index (χ1v) is 10.4. The summed E-state index contributed by atoms with van der Waals surface area (Å²) < 4.78 is 0. The lowest BCUT2D eigenvalue weighted by Gasteiger charge is -2.33. The topological polar surface area (TPSA) is 12.4 Å². The van der Waals surface area contributed by atoms with Crippen LogP contribution in [0.5, 0.6) is 0 Å². The third-order valence-electron chi connectivity index (χ3n) is 5.17. The molecule has 0 bridgehead atoms. The molecule has 1 saturated carbocycles. The maximum absolute atomic E-state index is 4.90. The standard InChI is InChI=1S/C15H31NSi/c1-5-17(6-2,7-3)14(4)13-16-15-11-9-8-10-12-15/h13-15H,5-12H2,1-4H3. The van der Waals surface area contributed by atoms with Gasteiger partial charge in [-0.3, -0.25) is 4.99 Å². The highest BCUT2D eigenvalue weighted by Crippen LogP contribution is 2.32. The first-order valence-electron chi connectivity index (χ1n) is 7.71. The Balaban J connectivity index is 2.55. The average molecular weight is 254 g/mol. The Bertz CT molecular complexity index is 219. The number of aliphatic imine (C=N–C) groups is 1. The van der Waals surface area contributed by atoms with Gasteiger partial charge in [0.2, 0.25) is 0 Å². The quantitative estimate of drug-likeness (QED) is 0.450. The highest BCUT2D eigenvalue weighted by molar-refractivity contribution is 6.83. The molecule has 0 radical (unpaired) electrons. The van der Waals surface area contributed by atoms with E-state index in [0.29, 0.717) is 6.04 Å². The Morgan fingerprint density at radius 3 is 2.06 bits per heavy atom. The highest BCUT2D eigenvalue weighted by Gasteiger charge is 2.32. The van der Waals surface area contributed by atoms with Crippen LogP contribution in [-0.4, -0.2) is 20.3 Å². The van der Waals surface area contributed by atoms with Crippen molar-refractivity contribution in [2.75, 3.05) is 0 Å². The zero-order valence-corrected chi connectivity index (χ0v) is 13.3. The second kappa shape index (κ2) is 7.35. The van der Waals surface area contributed by atoms with Gasteiger partial charge in [-0.2, -0.15) is 0 Å². The number of hydrogen-bond acceptors (Lipinski definition) is 1. The minimum atomic E-state index is -1.05. The fraction of sp³-hybridized carbons (Fsp3) is 0.933. The Labute approximate surface area is 109 Å². The van der Waals surface area contributed by atoms with E-state index in [1.807, 2.05) is 0 Å². The van der Waals surface area contributed by atoms with Gasteiger partial charge in [-0.15, -0.1) is 0 Å². The molecule has 1 atom stereocenters. The average Bonchev–Trinajstić information content (AvgIpc) is 2.40. The number of rotatable bonds is 6. The zero-order valence-electron chi connectivity index (χ0n) is 12.3. The Hall–Kier alpha value is -0.113. The van der Waals surface area contributed by atoms with Crippen molar-refractivity contribution in [1.29, 1.82) is 0 Å². The van der Waals surface area contributed by atoms with Crippen molar-refractivity contribution in [3.63, 3.8) is 0 Å². The first-order chi connectivity index (χ1) is 8.18. The summed E-state index contributed by atoms with van der Waals surface area (Å²) in [5.74, 6) is 0. The zero-order chi connectivity index (χ0) is 12.7. The van der Waals surface area contributed by atoms with Crippen LogP contribution in [0.4, 0.5) is 0 Å². The molecular weight excluding hydrogens is 222 g/mol. The molecule has 1 unspecified atom stereocenters.